The van der Waals surface area contributed by atoms with Gasteiger partial charge in [0.1, 0.15) is 5.82 Å². The van der Waals surface area contributed by atoms with E-state index in [1.54, 1.807) is 12.1 Å². The van der Waals surface area contributed by atoms with Gasteiger partial charge in [-0.05, 0) is 30.0 Å². The maximum atomic E-state index is 12.8. The number of carbonyl (C=O) groups is 1. The van der Waals surface area contributed by atoms with Crippen molar-refractivity contribution in [1.82, 2.24) is 15.1 Å². The van der Waals surface area contributed by atoms with Crippen LogP contribution < -0.4 is 5.32 Å². The number of nitrogens with one attached hydrogen (secondary N) is 1. The van der Waals surface area contributed by atoms with Crippen LogP contribution in [0.1, 0.15) is 19.4 Å². The van der Waals surface area contributed by atoms with E-state index in [1.165, 1.54) is 12.1 Å². The second-order valence-electron chi connectivity index (χ2n) is 6.29. The third-order valence-corrected chi connectivity index (χ3v) is 3.89. The van der Waals surface area contributed by atoms with Gasteiger partial charge in [-0.1, -0.05) is 26.0 Å². The molecule has 0 saturated carbocycles. The maximum Gasteiger partial charge on any atom is 0.317 e. The van der Waals surface area contributed by atoms with Gasteiger partial charge in [-0.25, -0.2) is 9.18 Å². The van der Waals surface area contributed by atoms with E-state index in [4.69, 9.17) is 0 Å². The van der Waals surface area contributed by atoms with Gasteiger partial charge in [0.25, 0.3) is 0 Å². The number of amides is 2. The summed E-state index contributed by atoms with van der Waals surface area (Å²) >= 11 is 0. The molecule has 4 nitrogen and oxygen atoms in total. The van der Waals surface area contributed by atoms with Crippen molar-refractivity contribution < 1.29 is 9.18 Å². The van der Waals surface area contributed by atoms with Crippen LogP contribution in [-0.2, 0) is 6.42 Å². The number of benzene rings is 1. The zero-order valence-corrected chi connectivity index (χ0v) is 13.5. The molecule has 2 rings (SSSR count). The molecule has 0 atom stereocenters. The van der Waals surface area contributed by atoms with Crippen LogP contribution in [0.2, 0.25) is 0 Å². The van der Waals surface area contributed by atoms with Crippen molar-refractivity contribution in [1.29, 1.82) is 0 Å². The van der Waals surface area contributed by atoms with Crippen molar-refractivity contribution in [2.45, 2.75) is 20.3 Å². The second kappa shape index (κ2) is 8.13. The molecule has 1 aliphatic rings. The van der Waals surface area contributed by atoms with Gasteiger partial charge in [0, 0.05) is 39.3 Å². The van der Waals surface area contributed by atoms with Gasteiger partial charge in [0.15, 0.2) is 0 Å². The van der Waals surface area contributed by atoms with Crippen LogP contribution in [0.4, 0.5) is 9.18 Å². The number of rotatable bonds is 5. The van der Waals surface area contributed by atoms with Crippen molar-refractivity contribution in [3.63, 3.8) is 0 Å². The zero-order chi connectivity index (χ0) is 15.9. The van der Waals surface area contributed by atoms with Crippen LogP contribution in [0.15, 0.2) is 24.3 Å². The van der Waals surface area contributed by atoms with Crippen LogP contribution >= 0.6 is 0 Å². The molecular weight excluding hydrogens is 281 g/mol. The lowest BCUT2D eigenvalue weighted by atomic mass is 10.1. The van der Waals surface area contributed by atoms with E-state index in [9.17, 15) is 9.18 Å². The number of carbonyl (C=O) groups excluding carboxylic acids is 1. The molecule has 0 spiro atoms. The number of urea groups is 1. The summed E-state index contributed by atoms with van der Waals surface area (Å²) in [5, 5.41) is 2.95. The van der Waals surface area contributed by atoms with Crippen molar-refractivity contribution in [2.75, 3.05) is 39.3 Å². The molecule has 0 unspecified atom stereocenters. The Morgan fingerprint density at radius 1 is 1.18 bits per heavy atom. The third kappa shape index (κ3) is 5.30. The van der Waals surface area contributed by atoms with Crippen molar-refractivity contribution in [3.05, 3.63) is 35.6 Å². The summed E-state index contributed by atoms with van der Waals surface area (Å²) in [6.07, 6.45) is 0.722. The fourth-order valence-electron chi connectivity index (χ4n) is 2.73. The summed E-state index contributed by atoms with van der Waals surface area (Å²) in [7, 11) is 0. The van der Waals surface area contributed by atoms with Gasteiger partial charge >= 0.3 is 6.03 Å². The summed E-state index contributed by atoms with van der Waals surface area (Å²) in [5.74, 6) is 0.433. The number of halogens is 1. The molecular formula is C17H26FN3O. The Morgan fingerprint density at radius 2 is 1.82 bits per heavy atom. The molecule has 1 heterocycles. The monoisotopic (exact) mass is 307 g/mol. The molecule has 5 heteroatoms. The highest BCUT2D eigenvalue weighted by Gasteiger charge is 2.20. The third-order valence-electron chi connectivity index (χ3n) is 3.89. The molecule has 0 radical (unpaired) electrons. The Labute approximate surface area is 132 Å². The molecule has 0 bridgehead atoms. The lowest BCUT2D eigenvalue weighted by Crippen LogP contribution is -2.52. The zero-order valence-electron chi connectivity index (χ0n) is 13.5. The highest BCUT2D eigenvalue weighted by molar-refractivity contribution is 5.74. The minimum Gasteiger partial charge on any atom is -0.338 e. The minimum absolute atomic E-state index is 0.00584. The first-order chi connectivity index (χ1) is 10.5. The molecule has 1 aromatic rings. The van der Waals surface area contributed by atoms with Gasteiger partial charge in [-0.15, -0.1) is 0 Å². The Bertz CT molecular complexity index is 467. The van der Waals surface area contributed by atoms with Crippen molar-refractivity contribution in [2.24, 2.45) is 5.92 Å². The predicted molar refractivity (Wildman–Crippen MR) is 86.4 cm³/mol. The lowest BCUT2D eigenvalue weighted by Gasteiger charge is -2.35. The first kappa shape index (κ1) is 16.7. The van der Waals surface area contributed by atoms with Gasteiger partial charge in [0.2, 0.25) is 0 Å². The summed E-state index contributed by atoms with van der Waals surface area (Å²) < 4.78 is 12.8. The Balaban J connectivity index is 1.67. The van der Waals surface area contributed by atoms with Gasteiger partial charge < -0.3 is 10.2 Å². The number of piperazine rings is 1. The molecule has 2 amide bonds. The molecule has 1 N–H and O–H groups in total. The van der Waals surface area contributed by atoms with Crippen LogP contribution in [0, 0.1) is 11.7 Å². The van der Waals surface area contributed by atoms with E-state index < -0.39 is 0 Å². The summed E-state index contributed by atoms with van der Waals surface area (Å²) in [4.78, 5) is 16.4. The first-order valence-corrected chi connectivity index (χ1v) is 8.04. The van der Waals surface area contributed by atoms with E-state index in [2.05, 4.69) is 24.1 Å². The Hall–Kier alpha value is -1.62. The van der Waals surface area contributed by atoms with Crippen LogP contribution in [0.3, 0.4) is 0 Å². The predicted octanol–water partition coefficient (Wildman–Crippen LogP) is 2.35. The molecule has 0 aliphatic carbocycles. The van der Waals surface area contributed by atoms with Crippen LogP contribution in [-0.4, -0.2) is 55.1 Å². The standard InChI is InChI=1S/C17H26FN3O/c1-14(2)13-20-9-11-21(12-10-20)17(22)19-8-7-15-3-5-16(18)6-4-15/h3-6,14H,7-13H2,1-2H3,(H,19,22). The average molecular weight is 307 g/mol. The Kier molecular flexibility index (Phi) is 6.19. The van der Waals surface area contributed by atoms with Crippen molar-refractivity contribution in [3.8, 4) is 0 Å². The van der Waals surface area contributed by atoms with Gasteiger partial charge in [-0.3, -0.25) is 4.90 Å². The van der Waals surface area contributed by atoms with Gasteiger partial charge in [0.05, 0.1) is 0 Å². The maximum absolute atomic E-state index is 12.8. The highest BCUT2D eigenvalue weighted by atomic mass is 19.1. The van der Waals surface area contributed by atoms with E-state index in [1.807, 2.05) is 4.90 Å². The quantitative estimate of drug-likeness (QED) is 0.906. The molecule has 1 aromatic carbocycles. The molecule has 1 aliphatic heterocycles. The second-order valence-corrected chi connectivity index (χ2v) is 6.29. The van der Waals surface area contributed by atoms with Gasteiger partial charge in [-0.2, -0.15) is 0 Å². The van der Waals surface area contributed by atoms with Crippen LogP contribution in [0.5, 0.6) is 0 Å². The van der Waals surface area contributed by atoms with E-state index in [0.717, 1.165) is 44.7 Å². The summed E-state index contributed by atoms with van der Waals surface area (Å²) in [6.45, 7) is 9.58. The number of nitrogens with zero attached hydrogens (tertiary/aromatic N) is 2. The highest BCUT2D eigenvalue weighted by Crippen LogP contribution is 2.06. The van der Waals surface area contributed by atoms with Crippen LogP contribution in [0.25, 0.3) is 0 Å². The molecule has 0 aromatic heterocycles. The fourth-order valence-corrected chi connectivity index (χ4v) is 2.73. The molecule has 1 fully saturated rings. The van der Waals surface area contributed by atoms with E-state index in [-0.39, 0.29) is 11.8 Å². The van der Waals surface area contributed by atoms with E-state index >= 15 is 0 Å². The number of hydrogen-bond acceptors (Lipinski definition) is 2. The molecule has 1 saturated heterocycles. The minimum atomic E-state index is -0.230. The van der Waals surface area contributed by atoms with Crippen molar-refractivity contribution >= 4 is 6.03 Å². The summed E-state index contributed by atoms with van der Waals surface area (Å²) in [5.41, 5.74) is 1.03. The Morgan fingerprint density at radius 3 is 2.41 bits per heavy atom. The topological polar surface area (TPSA) is 35.6 Å². The largest absolute Gasteiger partial charge is 0.338 e. The SMILES string of the molecule is CC(C)CN1CCN(C(=O)NCCc2ccc(F)cc2)CC1. The molecule has 122 valence electrons. The van der Waals surface area contributed by atoms with E-state index in [0.29, 0.717) is 12.5 Å². The smallest absolute Gasteiger partial charge is 0.317 e. The lowest BCUT2D eigenvalue weighted by molar-refractivity contribution is 0.131. The fraction of sp³-hybridized carbons (Fsp3) is 0.588. The average Bonchev–Trinajstić information content (AvgIpc) is 2.49. The normalized spacial score (nSPS) is 16.1. The molecule has 22 heavy (non-hydrogen) atoms. The number of hydrogen-bond donors (Lipinski definition) is 1. The first-order valence-electron chi connectivity index (χ1n) is 8.04. The summed E-state index contributed by atoms with van der Waals surface area (Å²) in [6, 6.07) is 6.42.